The van der Waals surface area contributed by atoms with Crippen molar-refractivity contribution in [2.45, 2.75) is 50.9 Å². The first-order valence-electron chi connectivity index (χ1n) is 10.00. The van der Waals surface area contributed by atoms with E-state index in [0.29, 0.717) is 5.57 Å². The van der Waals surface area contributed by atoms with Crippen LogP contribution in [0.3, 0.4) is 0 Å². The molecule has 2 heterocycles. The fourth-order valence-corrected chi connectivity index (χ4v) is 4.94. The van der Waals surface area contributed by atoms with Crippen molar-refractivity contribution >= 4 is 5.91 Å². The first-order valence-corrected chi connectivity index (χ1v) is 10.00. The highest BCUT2D eigenvalue weighted by atomic mass is 19.1. The standard InChI is InChI=1S/C21H27F2N3O2/c1-14-26-11-15-3-2-6-21(26,8-15)13-24-9-17(12-28-14)20(27)25-10-16-4-5-18(22)7-19(16)23/h4-5,7,9,14-15,24H,2-3,6,8,10-13H2,1H3,(H,25,27)/b17-9+/t14?,15-,21+/m1/s1. The third-order valence-corrected chi connectivity index (χ3v) is 6.36. The van der Waals surface area contributed by atoms with Crippen LogP contribution in [-0.4, -0.2) is 42.3 Å². The molecule has 3 aliphatic rings. The van der Waals surface area contributed by atoms with E-state index in [1.807, 2.05) is 0 Å². The quantitative estimate of drug-likeness (QED) is 0.832. The normalized spacial score (nSPS) is 32.2. The van der Waals surface area contributed by atoms with Gasteiger partial charge in [-0.3, -0.25) is 9.69 Å². The molecule has 0 radical (unpaired) electrons. The molecule has 1 unspecified atom stereocenters. The van der Waals surface area contributed by atoms with Crippen LogP contribution in [0.2, 0.25) is 0 Å². The second kappa shape index (κ2) is 7.79. The van der Waals surface area contributed by atoms with Crippen LogP contribution in [0, 0.1) is 17.6 Å². The average Bonchev–Trinajstić information content (AvgIpc) is 2.95. The van der Waals surface area contributed by atoms with Crippen molar-refractivity contribution in [2.24, 2.45) is 5.92 Å². The topological polar surface area (TPSA) is 53.6 Å². The molecule has 1 amide bonds. The molecule has 1 aliphatic carbocycles. The summed E-state index contributed by atoms with van der Waals surface area (Å²) in [4.78, 5) is 15.0. The Balaban J connectivity index is 1.42. The van der Waals surface area contributed by atoms with E-state index in [1.165, 1.54) is 31.4 Å². The van der Waals surface area contributed by atoms with Crippen LogP contribution in [0.25, 0.3) is 0 Å². The Morgan fingerprint density at radius 3 is 3.11 bits per heavy atom. The summed E-state index contributed by atoms with van der Waals surface area (Å²) in [7, 11) is 0. The Morgan fingerprint density at radius 1 is 1.43 bits per heavy atom. The van der Waals surface area contributed by atoms with Crippen LogP contribution in [0.15, 0.2) is 30.0 Å². The molecular formula is C21H27F2N3O2. The lowest BCUT2D eigenvalue weighted by Crippen LogP contribution is -2.54. The van der Waals surface area contributed by atoms with Crippen LogP contribution in [0.4, 0.5) is 8.78 Å². The third-order valence-electron chi connectivity index (χ3n) is 6.36. The molecule has 2 bridgehead atoms. The largest absolute Gasteiger partial charge is 0.389 e. The molecule has 4 rings (SSSR count). The minimum atomic E-state index is -0.668. The summed E-state index contributed by atoms with van der Waals surface area (Å²) in [6.45, 7) is 4.07. The highest BCUT2D eigenvalue weighted by Gasteiger charge is 2.49. The zero-order chi connectivity index (χ0) is 19.7. The predicted molar refractivity (Wildman–Crippen MR) is 101 cm³/mol. The highest BCUT2D eigenvalue weighted by molar-refractivity contribution is 5.93. The lowest BCUT2D eigenvalue weighted by Gasteiger charge is -2.42. The summed E-state index contributed by atoms with van der Waals surface area (Å²) >= 11 is 0. The summed E-state index contributed by atoms with van der Waals surface area (Å²) in [5.41, 5.74) is 0.815. The number of benzene rings is 1. The fourth-order valence-electron chi connectivity index (χ4n) is 4.94. The Labute approximate surface area is 164 Å². The Kier molecular flexibility index (Phi) is 5.38. The molecule has 1 aromatic carbocycles. The molecule has 1 aromatic rings. The summed E-state index contributed by atoms with van der Waals surface area (Å²) in [5.74, 6) is -0.885. The van der Waals surface area contributed by atoms with Crippen molar-refractivity contribution in [1.82, 2.24) is 15.5 Å². The van der Waals surface area contributed by atoms with Gasteiger partial charge in [0.05, 0.1) is 12.2 Å². The van der Waals surface area contributed by atoms with Crippen molar-refractivity contribution in [3.8, 4) is 0 Å². The van der Waals surface area contributed by atoms with Gasteiger partial charge in [-0.1, -0.05) is 12.5 Å². The van der Waals surface area contributed by atoms with Gasteiger partial charge >= 0.3 is 0 Å². The van der Waals surface area contributed by atoms with Crippen LogP contribution in [-0.2, 0) is 16.1 Å². The van der Waals surface area contributed by atoms with Crippen molar-refractivity contribution in [3.63, 3.8) is 0 Å². The Hall–Kier alpha value is -1.99. The summed E-state index contributed by atoms with van der Waals surface area (Å²) in [6.07, 6.45) is 6.50. The zero-order valence-electron chi connectivity index (χ0n) is 16.1. The molecular weight excluding hydrogens is 364 g/mol. The van der Waals surface area contributed by atoms with E-state index in [2.05, 4.69) is 22.5 Å². The smallest absolute Gasteiger partial charge is 0.251 e. The number of fused-ring (bicyclic) bond motifs is 1. The van der Waals surface area contributed by atoms with E-state index in [4.69, 9.17) is 4.74 Å². The minimum Gasteiger partial charge on any atom is -0.389 e. The van der Waals surface area contributed by atoms with Crippen molar-refractivity contribution < 1.29 is 18.3 Å². The van der Waals surface area contributed by atoms with Crippen LogP contribution < -0.4 is 10.6 Å². The maximum atomic E-state index is 13.8. The molecule has 2 N–H and O–H groups in total. The molecule has 7 heteroatoms. The number of carbonyl (C=O) groups is 1. The predicted octanol–water partition coefficient (Wildman–Crippen LogP) is 2.68. The van der Waals surface area contributed by atoms with Gasteiger partial charge in [-0.25, -0.2) is 8.78 Å². The van der Waals surface area contributed by atoms with E-state index < -0.39 is 11.6 Å². The summed E-state index contributed by atoms with van der Waals surface area (Å²) in [6, 6.07) is 3.34. The molecule has 1 saturated heterocycles. The molecule has 0 aromatic heterocycles. The number of nitrogens with zero attached hydrogens (tertiary/aromatic N) is 1. The van der Waals surface area contributed by atoms with Crippen LogP contribution >= 0.6 is 0 Å². The van der Waals surface area contributed by atoms with Crippen molar-refractivity contribution in [1.29, 1.82) is 0 Å². The minimum absolute atomic E-state index is 0.00438. The van der Waals surface area contributed by atoms with E-state index >= 15 is 0 Å². The number of rotatable bonds is 3. The van der Waals surface area contributed by atoms with E-state index in [9.17, 15) is 13.6 Å². The van der Waals surface area contributed by atoms with Crippen molar-refractivity contribution in [2.75, 3.05) is 19.7 Å². The highest BCUT2D eigenvalue weighted by Crippen LogP contribution is 2.45. The number of amides is 1. The van der Waals surface area contributed by atoms with E-state index in [1.54, 1.807) is 6.20 Å². The molecule has 1 spiro atoms. The summed E-state index contributed by atoms with van der Waals surface area (Å²) < 4.78 is 32.8. The van der Waals surface area contributed by atoms with Gasteiger partial charge in [-0.05, 0) is 38.2 Å². The monoisotopic (exact) mass is 391 g/mol. The maximum absolute atomic E-state index is 13.8. The summed E-state index contributed by atoms with van der Waals surface area (Å²) in [5, 5.41) is 6.05. The SMILES string of the molecule is CC1OC/C(C(=O)NCc2ccc(F)cc2F)=C\NC[C@@]23CCC[C@@H](CN12)C3. The van der Waals surface area contributed by atoms with Gasteiger partial charge in [0.15, 0.2) is 0 Å². The molecule has 3 atom stereocenters. The Bertz CT molecular complexity index is 785. The molecule has 1 saturated carbocycles. The van der Waals surface area contributed by atoms with Gasteiger partial charge in [0.2, 0.25) is 0 Å². The number of nitrogens with one attached hydrogen (secondary N) is 2. The van der Waals surface area contributed by atoms with E-state index in [-0.39, 0.29) is 36.4 Å². The van der Waals surface area contributed by atoms with Gasteiger partial charge < -0.3 is 15.4 Å². The lowest BCUT2D eigenvalue weighted by atomic mass is 9.79. The van der Waals surface area contributed by atoms with Gasteiger partial charge in [0.1, 0.15) is 17.9 Å². The number of hydrogen-bond acceptors (Lipinski definition) is 4. The van der Waals surface area contributed by atoms with Crippen LogP contribution in [0.1, 0.15) is 38.2 Å². The molecule has 28 heavy (non-hydrogen) atoms. The van der Waals surface area contributed by atoms with Gasteiger partial charge in [-0.2, -0.15) is 0 Å². The third kappa shape index (κ3) is 3.78. The number of carbonyl (C=O) groups excluding carboxylic acids is 1. The second-order valence-corrected chi connectivity index (χ2v) is 8.22. The van der Waals surface area contributed by atoms with Gasteiger partial charge in [0.25, 0.3) is 5.91 Å². The number of ether oxygens (including phenoxy) is 1. The molecule has 5 nitrogen and oxygen atoms in total. The molecule has 2 aliphatic heterocycles. The number of hydrogen-bond donors (Lipinski definition) is 2. The molecule has 152 valence electrons. The Morgan fingerprint density at radius 2 is 2.29 bits per heavy atom. The zero-order valence-corrected chi connectivity index (χ0v) is 16.1. The second-order valence-electron chi connectivity index (χ2n) is 8.22. The first kappa shape index (κ1) is 19.3. The van der Waals surface area contributed by atoms with E-state index in [0.717, 1.165) is 31.5 Å². The number of halogens is 2. The fraction of sp³-hybridized carbons (Fsp3) is 0.571. The molecule has 2 fully saturated rings. The van der Waals surface area contributed by atoms with Crippen molar-refractivity contribution in [3.05, 3.63) is 47.2 Å². The van der Waals surface area contributed by atoms with Crippen LogP contribution in [0.5, 0.6) is 0 Å². The maximum Gasteiger partial charge on any atom is 0.251 e. The van der Waals surface area contributed by atoms with Gasteiger partial charge in [-0.15, -0.1) is 0 Å². The lowest BCUT2D eigenvalue weighted by molar-refractivity contribution is -0.119. The first-order chi connectivity index (χ1) is 13.5. The van der Waals surface area contributed by atoms with Gasteiger partial charge in [0, 0.05) is 43.0 Å². The average molecular weight is 391 g/mol.